The average molecular weight is 580 g/mol. The number of benzene rings is 2. The molecule has 0 aromatic heterocycles. The van der Waals surface area contributed by atoms with Gasteiger partial charge in [0.2, 0.25) is 17.7 Å². The number of carbonyl (C=O) groups excluding carboxylic acids is 4. The van der Waals surface area contributed by atoms with E-state index in [4.69, 9.17) is 5.73 Å². The molecular formula is C27H26F5N5O4. The molecule has 4 amide bonds. The van der Waals surface area contributed by atoms with Gasteiger partial charge >= 0.3 is 12.1 Å². The van der Waals surface area contributed by atoms with E-state index in [1.165, 1.54) is 36.4 Å². The number of hydrogen-bond acceptors (Lipinski definition) is 5. The first kappa shape index (κ1) is 28.5. The second-order valence-electron chi connectivity index (χ2n) is 10.6. The van der Waals surface area contributed by atoms with E-state index in [2.05, 4.69) is 10.6 Å². The molecule has 2 aromatic rings. The predicted octanol–water partition coefficient (Wildman–Crippen LogP) is 1.86. The number of amides is 4. The minimum atomic E-state index is -5.22. The third-order valence-electron chi connectivity index (χ3n) is 7.72. The molecule has 4 atom stereocenters. The van der Waals surface area contributed by atoms with Crippen LogP contribution in [0.3, 0.4) is 0 Å². The van der Waals surface area contributed by atoms with Gasteiger partial charge in [-0.15, -0.1) is 0 Å². The summed E-state index contributed by atoms with van der Waals surface area (Å²) in [5.74, 6) is -6.35. The second kappa shape index (κ2) is 10.4. The van der Waals surface area contributed by atoms with E-state index >= 15 is 0 Å². The molecule has 5 rings (SSSR count). The lowest BCUT2D eigenvalue weighted by molar-refractivity contribution is -0.175. The summed E-state index contributed by atoms with van der Waals surface area (Å²) < 4.78 is 66.8. The van der Waals surface area contributed by atoms with Crippen molar-refractivity contribution in [1.29, 1.82) is 0 Å². The van der Waals surface area contributed by atoms with Gasteiger partial charge < -0.3 is 26.6 Å². The Morgan fingerprint density at radius 3 is 2.44 bits per heavy atom. The quantitative estimate of drug-likeness (QED) is 0.372. The zero-order chi connectivity index (χ0) is 29.7. The maximum atomic E-state index is 14.1. The van der Waals surface area contributed by atoms with Crippen LogP contribution in [0.4, 0.5) is 27.6 Å². The maximum Gasteiger partial charge on any atom is 0.471 e. The van der Waals surface area contributed by atoms with Crippen molar-refractivity contribution >= 4 is 29.3 Å². The SMILES string of the molecule is N[C@@H]1C[C@@]2(CN1C(=O)[C@H](Cc1cccc(F)c1)NC(=O)[C@@H](NC(=O)C(F)(F)F)C1CC1)C(=O)Nc1ccc(F)cc12. The fourth-order valence-corrected chi connectivity index (χ4v) is 5.54. The van der Waals surface area contributed by atoms with Gasteiger partial charge in [0.1, 0.15) is 23.7 Å². The van der Waals surface area contributed by atoms with Crippen LogP contribution in [-0.2, 0) is 31.0 Å². The summed E-state index contributed by atoms with van der Waals surface area (Å²) in [4.78, 5) is 52.8. The largest absolute Gasteiger partial charge is 0.471 e. The van der Waals surface area contributed by atoms with Gasteiger partial charge in [0, 0.05) is 25.1 Å². The van der Waals surface area contributed by atoms with Crippen LogP contribution in [0.2, 0.25) is 0 Å². The van der Waals surface area contributed by atoms with Gasteiger partial charge in [-0.3, -0.25) is 19.2 Å². The first-order chi connectivity index (χ1) is 19.3. The summed E-state index contributed by atoms with van der Waals surface area (Å²) in [6.07, 6.45) is -5.81. The lowest BCUT2D eigenvalue weighted by Crippen LogP contribution is -2.58. The predicted molar refractivity (Wildman–Crippen MR) is 134 cm³/mol. The Balaban J connectivity index is 1.42. The number of nitrogens with one attached hydrogen (secondary N) is 3. The fourth-order valence-electron chi connectivity index (χ4n) is 5.54. The van der Waals surface area contributed by atoms with Crippen LogP contribution in [-0.4, -0.2) is 59.5 Å². The molecule has 5 N–H and O–H groups in total. The van der Waals surface area contributed by atoms with E-state index in [0.717, 1.165) is 11.0 Å². The van der Waals surface area contributed by atoms with Crippen LogP contribution in [0.5, 0.6) is 0 Å². The molecule has 14 heteroatoms. The van der Waals surface area contributed by atoms with Gasteiger partial charge in [0.05, 0.1) is 11.6 Å². The molecule has 9 nitrogen and oxygen atoms in total. The Kier molecular flexibility index (Phi) is 7.22. The lowest BCUT2D eigenvalue weighted by atomic mass is 9.80. The first-order valence-electron chi connectivity index (χ1n) is 12.9. The Hall–Kier alpha value is -4.07. The number of halogens is 5. The van der Waals surface area contributed by atoms with E-state index in [1.807, 2.05) is 0 Å². The Morgan fingerprint density at radius 2 is 1.78 bits per heavy atom. The van der Waals surface area contributed by atoms with Crippen LogP contribution in [0.25, 0.3) is 0 Å². The molecule has 1 saturated heterocycles. The maximum absolute atomic E-state index is 14.1. The molecule has 2 aromatic carbocycles. The molecule has 2 aliphatic heterocycles. The van der Waals surface area contributed by atoms with Crippen LogP contribution >= 0.6 is 0 Å². The van der Waals surface area contributed by atoms with Crippen LogP contribution in [0, 0.1) is 17.6 Å². The molecular weight excluding hydrogens is 553 g/mol. The fraction of sp³-hybridized carbons (Fsp3) is 0.407. The highest BCUT2D eigenvalue weighted by atomic mass is 19.4. The molecule has 3 aliphatic rings. The Bertz CT molecular complexity index is 1410. The van der Waals surface area contributed by atoms with Crippen molar-refractivity contribution in [3.05, 3.63) is 65.2 Å². The molecule has 0 bridgehead atoms. The highest BCUT2D eigenvalue weighted by molar-refractivity contribution is 6.07. The van der Waals surface area contributed by atoms with Gasteiger partial charge in [0.15, 0.2) is 0 Å². The zero-order valence-electron chi connectivity index (χ0n) is 21.4. The lowest BCUT2D eigenvalue weighted by Gasteiger charge is -2.29. The summed E-state index contributed by atoms with van der Waals surface area (Å²) in [6.45, 7) is -0.262. The van der Waals surface area contributed by atoms with Gasteiger partial charge in [-0.1, -0.05) is 12.1 Å². The number of nitrogens with two attached hydrogens (primary N) is 1. The molecule has 1 saturated carbocycles. The normalized spacial score (nSPS) is 23.1. The smallest absolute Gasteiger partial charge is 0.342 e. The van der Waals surface area contributed by atoms with Gasteiger partial charge in [-0.25, -0.2) is 8.78 Å². The van der Waals surface area contributed by atoms with Crippen molar-refractivity contribution in [2.24, 2.45) is 11.7 Å². The first-order valence-corrected chi connectivity index (χ1v) is 12.9. The van der Waals surface area contributed by atoms with Gasteiger partial charge in [0.25, 0.3) is 0 Å². The van der Waals surface area contributed by atoms with E-state index in [9.17, 15) is 41.1 Å². The topological polar surface area (TPSA) is 134 Å². The number of fused-ring (bicyclic) bond motifs is 2. The number of hydrogen-bond donors (Lipinski definition) is 4. The molecule has 41 heavy (non-hydrogen) atoms. The Labute approximate surface area is 230 Å². The third kappa shape index (κ3) is 5.60. The molecule has 0 unspecified atom stereocenters. The van der Waals surface area contributed by atoms with Crippen molar-refractivity contribution in [2.45, 2.75) is 55.5 Å². The van der Waals surface area contributed by atoms with Gasteiger partial charge in [-0.05, 0) is 60.2 Å². The van der Waals surface area contributed by atoms with E-state index in [1.54, 1.807) is 5.32 Å². The number of carbonyl (C=O) groups is 4. The zero-order valence-corrected chi connectivity index (χ0v) is 21.4. The van der Waals surface area contributed by atoms with Crippen LogP contribution < -0.4 is 21.7 Å². The highest BCUT2D eigenvalue weighted by Crippen LogP contribution is 2.46. The average Bonchev–Trinajstić information content (AvgIpc) is 3.63. The highest BCUT2D eigenvalue weighted by Gasteiger charge is 2.56. The number of likely N-dealkylation sites (tertiary alicyclic amines) is 1. The third-order valence-corrected chi connectivity index (χ3v) is 7.72. The number of alkyl halides is 3. The summed E-state index contributed by atoms with van der Waals surface area (Å²) in [6, 6.07) is 5.94. The standard InChI is InChI=1S/C27H26F5N5O4/c28-15-3-1-2-13(8-15)9-19(34-22(38)21(14-4-5-14)36-25(41)27(30,31)32)23(39)37-12-26(11-20(37)33)17-10-16(29)6-7-18(17)35-24(26)40/h1-3,6-8,10,14,19-21H,4-5,9,11-12,33H2,(H,34,38)(H,35,40)(H,36,41)/t19-,20-,21-,26-/m0/s1. The van der Waals surface area contributed by atoms with Crippen molar-refractivity contribution in [3.8, 4) is 0 Å². The van der Waals surface area contributed by atoms with E-state index < -0.39 is 71.0 Å². The number of nitrogens with zero attached hydrogens (tertiary/aromatic N) is 1. The molecule has 0 radical (unpaired) electrons. The van der Waals surface area contributed by atoms with Crippen LogP contribution in [0.15, 0.2) is 42.5 Å². The molecule has 218 valence electrons. The van der Waals surface area contributed by atoms with E-state index in [-0.39, 0.29) is 19.4 Å². The Morgan fingerprint density at radius 1 is 1.07 bits per heavy atom. The number of rotatable bonds is 7. The summed E-state index contributed by atoms with van der Waals surface area (Å²) in [5.41, 5.74) is 5.91. The van der Waals surface area contributed by atoms with Crippen molar-refractivity contribution in [1.82, 2.24) is 15.5 Å². The second-order valence-corrected chi connectivity index (χ2v) is 10.6. The minimum Gasteiger partial charge on any atom is -0.342 e. The van der Waals surface area contributed by atoms with Crippen molar-refractivity contribution in [2.75, 3.05) is 11.9 Å². The van der Waals surface area contributed by atoms with Crippen LogP contribution in [0.1, 0.15) is 30.4 Å². The minimum absolute atomic E-state index is 0.0615. The molecule has 2 heterocycles. The van der Waals surface area contributed by atoms with Crippen molar-refractivity contribution in [3.63, 3.8) is 0 Å². The molecule has 1 spiro atoms. The molecule has 2 fully saturated rings. The molecule has 1 aliphatic carbocycles. The van der Waals surface area contributed by atoms with E-state index in [0.29, 0.717) is 29.7 Å². The number of anilines is 1. The summed E-state index contributed by atoms with van der Waals surface area (Å²) in [5, 5.41) is 6.80. The van der Waals surface area contributed by atoms with Gasteiger partial charge in [-0.2, -0.15) is 13.2 Å². The monoisotopic (exact) mass is 579 g/mol. The summed E-state index contributed by atoms with van der Waals surface area (Å²) in [7, 11) is 0. The van der Waals surface area contributed by atoms with Crippen molar-refractivity contribution < 1.29 is 41.1 Å². The summed E-state index contributed by atoms with van der Waals surface area (Å²) >= 11 is 0.